The second kappa shape index (κ2) is 10.6. The fourth-order valence-corrected chi connectivity index (χ4v) is 3.92. The van der Waals surface area contributed by atoms with Crippen LogP contribution in [0.15, 0.2) is 64.8 Å². The van der Waals surface area contributed by atoms with E-state index in [1.807, 2.05) is 19.1 Å². The van der Waals surface area contributed by atoms with Crippen molar-refractivity contribution in [1.82, 2.24) is 5.32 Å². The van der Waals surface area contributed by atoms with Crippen molar-refractivity contribution < 1.29 is 22.8 Å². The Morgan fingerprint density at radius 1 is 1.21 bits per heavy atom. The predicted molar refractivity (Wildman–Crippen MR) is 128 cm³/mol. The summed E-state index contributed by atoms with van der Waals surface area (Å²) in [5, 5.41) is 6.60. The zero-order valence-corrected chi connectivity index (χ0v) is 19.9. The molecule has 1 amide bonds. The zero-order valence-electron chi connectivity index (χ0n) is 18.4. The quantitative estimate of drug-likeness (QED) is 0.440. The number of allylic oxidation sites excluding steroid dienone is 1. The molecule has 1 atom stereocenters. The van der Waals surface area contributed by atoms with E-state index in [1.165, 1.54) is 30.3 Å². The zero-order chi connectivity index (χ0) is 24.9. The largest absolute Gasteiger partial charge is 0.435 e. The third-order valence-electron chi connectivity index (χ3n) is 5.26. The monoisotopic (exact) mass is 511 g/mol. The average Bonchev–Trinajstić information content (AvgIpc) is 3.26. The van der Waals surface area contributed by atoms with Gasteiger partial charge in [-0.1, -0.05) is 53.5 Å². The van der Waals surface area contributed by atoms with Crippen molar-refractivity contribution >= 4 is 40.5 Å². The maximum Gasteiger partial charge on any atom is 0.435 e. The van der Waals surface area contributed by atoms with Gasteiger partial charge in [0.1, 0.15) is 0 Å². The summed E-state index contributed by atoms with van der Waals surface area (Å²) in [6.45, 7) is 2.25. The molecule has 1 N–H and O–H groups in total. The third kappa shape index (κ3) is 5.62. The van der Waals surface area contributed by atoms with Gasteiger partial charge in [-0.2, -0.15) is 13.2 Å². The molecule has 5 nitrogen and oxygen atoms in total. The smallest absolute Gasteiger partial charge is 0.374 e. The summed E-state index contributed by atoms with van der Waals surface area (Å²) < 4.78 is 42.4. The summed E-state index contributed by atoms with van der Waals surface area (Å²) in [5.74, 6) is -0.333. The highest BCUT2D eigenvalue weighted by atomic mass is 35.5. The van der Waals surface area contributed by atoms with Crippen LogP contribution >= 0.6 is 23.2 Å². The molecule has 10 heteroatoms. The van der Waals surface area contributed by atoms with Crippen LogP contribution in [0.25, 0.3) is 0 Å². The highest BCUT2D eigenvalue weighted by molar-refractivity contribution is 6.34. The van der Waals surface area contributed by atoms with Crippen molar-refractivity contribution in [2.75, 3.05) is 13.6 Å². The topological polar surface area (TPSA) is 63.0 Å². The lowest BCUT2D eigenvalue weighted by Crippen LogP contribution is -2.42. The van der Waals surface area contributed by atoms with Crippen molar-refractivity contribution in [3.05, 3.63) is 81.4 Å². The first-order valence-corrected chi connectivity index (χ1v) is 11.1. The molecule has 3 rings (SSSR count). The number of alkyl halides is 3. The van der Waals surface area contributed by atoms with E-state index in [4.69, 9.17) is 28.0 Å². The molecule has 0 aliphatic carbocycles. The standard InChI is InChI=1S/C24H22Cl2F3N3O2/c1-3-4-5-20(30-2)14-31-22(33)16-8-6-15(7-9-16)21-13-23(34-32-21,24(27,28)29)17-10-18(25)12-19(26)11-17/h4-12H,3,13-14H2,1-2H3,(H,31,33)/b5-4-,30-20?. The number of nitrogens with one attached hydrogen (secondary N) is 1. The van der Waals surface area contributed by atoms with Crippen LogP contribution < -0.4 is 5.32 Å². The number of amides is 1. The number of carbonyl (C=O) groups is 1. The molecule has 180 valence electrons. The minimum Gasteiger partial charge on any atom is -0.374 e. The summed E-state index contributed by atoms with van der Waals surface area (Å²) in [6.07, 6.45) is -0.731. The maximum atomic E-state index is 14.1. The summed E-state index contributed by atoms with van der Waals surface area (Å²) in [5.41, 5.74) is -1.40. The van der Waals surface area contributed by atoms with Gasteiger partial charge in [0.15, 0.2) is 0 Å². The molecule has 2 aromatic rings. The van der Waals surface area contributed by atoms with E-state index in [2.05, 4.69) is 15.5 Å². The Hall–Kier alpha value is -2.84. The summed E-state index contributed by atoms with van der Waals surface area (Å²) in [4.78, 5) is 21.5. The molecule has 1 aliphatic heterocycles. The van der Waals surface area contributed by atoms with Gasteiger partial charge in [0, 0.05) is 34.6 Å². The molecule has 0 radical (unpaired) electrons. The minimum atomic E-state index is -4.78. The Morgan fingerprint density at radius 2 is 1.85 bits per heavy atom. The van der Waals surface area contributed by atoms with E-state index in [0.717, 1.165) is 18.6 Å². The second-order valence-electron chi connectivity index (χ2n) is 7.57. The molecule has 0 saturated carbocycles. The van der Waals surface area contributed by atoms with Crippen LogP contribution in [0.4, 0.5) is 13.2 Å². The number of hydrogen-bond acceptors (Lipinski definition) is 4. The first kappa shape index (κ1) is 25.8. The van der Waals surface area contributed by atoms with Crippen LogP contribution in [-0.2, 0) is 10.4 Å². The molecule has 0 fully saturated rings. The number of rotatable bonds is 7. The predicted octanol–water partition coefficient (Wildman–Crippen LogP) is 6.34. The number of carbonyl (C=O) groups excluding carboxylic acids is 1. The molecule has 1 unspecified atom stereocenters. The second-order valence-corrected chi connectivity index (χ2v) is 8.45. The Labute approximate surface area is 205 Å². The van der Waals surface area contributed by atoms with Crippen LogP contribution in [0.3, 0.4) is 0 Å². The van der Waals surface area contributed by atoms with Crippen LogP contribution in [-0.4, -0.2) is 37.1 Å². The van der Waals surface area contributed by atoms with Gasteiger partial charge in [0.25, 0.3) is 11.5 Å². The summed E-state index contributed by atoms with van der Waals surface area (Å²) >= 11 is 11.9. The van der Waals surface area contributed by atoms with Crippen molar-refractivity contribution in [3.63, 3.8) is 0 Å². The minimum absolute atomic E-state index is 0.0556. The maximum absolute atomic E-state index is 14.1. The molecular formula is C24H22Cl2F3N3O2. The molecule has 0 aromatic heterocycles. The van der Waals surface area contributed by atoms with Crippen LogP contribution in [0.5, 0.6) is 0 Å². The highest BCUT2D eigenvalue weighted by Crippen LogP contribution is 2.49. The molecule has 0 spiro atoms. The Bertz CT molecular complexity index is 1120. The number of benzene rings is 2. The first-order valence-electron chi connectivity index (χ1n) is 10.4. The highest BCUT2D eigenvalue weighted by Gasteiger charge is 2.62. The van der Waals surface area contributed by atoms with Crippen molar-refractivity contribution in [3.8, 4) is 0 Å². The van der Waals surface area contributed by atoms with E-state index in [-0.39, 0.29) is 33.8 Å². The Kier molecular flexibility index (Phi) is 8.05. The summed E-state index contributed by atoms with van der Waals surface area (Å²) in [6, 6.07) is 9.75. The van der Waals surface area contributed by atoms with Gasteiger partial charge >= 0.3 is 6.18 Å². The normalized spacial score (nSPS) is 18.7. The lowest BCUT2D eigenvalue weighted by molar-refractivity contribution is -0.275. The average molecular weight is 512 g/mol. The number of hydrogen-bond donors (Lipinski definition) is 1. The lowest BCUT2D eigenvalue weighted by atomic mass is 9.86. The fourth-order valence-electron chi connectivity index (χ4n) is 3.40. The molecule has 2 aromatic carbocycles. The van der Waals surface area contributed by atoms with Crippen molar-refractivity contribution in [1.29, 1.82) is 0 Å². The van der Waals surface area contributed by atoms with Gasteiger partial charge in [0.2, 0.25) is 0 Å². The van der Waals surface area contributed by atoms with Gasteiger partial charge in [-0.15, -0.1) is 0 Å². The van der Waals surface area contributed by atoms with E-state index in [1.54, 1.807) is 7.05 Å². The van der Waals surface area contributed by atoms with Crippen molar-refractivity contribution in [2.24, 2.45) is 10.1 Å². The first-order chi connectivity index (χ1) is 16.1. The third-order valence-corrected chi connectivity index (χ3v) is 5.69. The SMILES string of the molecule is CC/C=C\C(CNC(=O)c1ccc(C2=NOC(c3cc(Cl)cc(Cl)c3)(C(F)(F)F)C2)cc1)=NC. The van der Waals surface area contributed by atoms with E-state index < -0.39 is 18.2 Å². The molecule has 1 aliphatic rings. The van der Waals surface area contributed by atoms with E-state index in [9.17, 15) is 18.0 Å². The van der Waals surface area contributed by atoms with Gasteiger partial charge in [-0.25, -0.2) is 0 Å². The van der Waals surface area contributed by atoms with E-state index >= 15 is 0 Å². The molecule has 0 bridgehead atoms. The number of halogens is 5. The number of oxime groups is 1. The Morgan fingerprint density at radius 3 is 2.41 bits per heavy atom. The van der Waals surface area contributed by atoms with Crippen LogP contribution in [0, 0.1) is 0 Å². The van der Waals surface area contributed by atoms with E-state index in [0.29, 0.717) is 16.8 Å². The molecular weight excluding hydrogens is 490 g/mol. The van der Waals surface area contributed by atoms with Gasteiger partial charge < -0.3 is 10.2 Å². The fraction of sp³-hybridized carbons (Fsp3) is 0.292. The van der Waals surface area contributed by atoms with Gasteiger partial charge in [0.05, 0.1) is 18.0 Å². The Balaban J connectivity index is 1.76. The van der Waals surface area contributed by atoms with Gasteiger partial charge in [-0.3, -0.25) is 9.79 Å². The molecule has 1 heterocycles. The van der Waals surface area contributed by atoms with Crippen molar-refractivity contribution in [2.45, 2.75) is 31.5 Å². The summed E-state index contributed by atoms with van der Waals surface area (Å²) in [7, 11) is 1.64. The number of aliphatic imine (C=N–C) groups is 1. The lowest BCUT2D eigenvalue weighted by Gasteiger charge is -2.29. The van der Waals surface area contributed by atoms with Crippen LogP contribution in [0.2, 0.25) is 10.0 Å². The van der Waals surface area contributed by atoms with Crippen LogP contribution in [0.1, 0.15) is 41.3 Å². The van der Waals surface area contributed by atoms with Gasteiger partial charge in [-0.05, 0) is 48.4 Å². The number of nitrogens with zero attached hydrogens (tertiary/aromatic N) is 2. The molecule has 0 saturated heterocycles. The molecule has 34 heavy (non-hydrogen) atoms.